The van der Waals surface area contributed by atoms with E-state index >= 15 is 0 Å². The van der Waals surface area contributed by atoms with Crippen LogP contribution >= 0.6 is 0 Å². The lowest BCUT2D eigenvalue weighted by molar-refractivity contribution is 0.630. The van der Waals surface area contributed by atoms with Crippen molar-refractivity contribution in [2.45, 2.75) is 33.7 Å². The highest BCUT2D eigenvalue weighted by Gasteiger charge is 2.02. The van der Waals surface area contributed by atoms with E-state index in [-0.39, 0.29) is 0 Å². The number of nitrogens with two attached hydrogens (primary N) is 1. The Morgan fingerprint density at radius 1 is 1.31 bits per heavy atom. The zero-order chi connectivity index (χ0) is 9.84. The fraction of sp³-hybridized carbons (Fsp3) is 0.600. The van der Waals surface area contributed by atoms with Crippen LogP contribution in [0.15, 0.2) is 6.07 Å². The van der Waals surface area contributed by atoms with Crippen LogP contribution in [0.3, 0.4) is 0 Å². The molecule has 0 saturated carbocycles. The van der Waals surface area contributed by atoms with Gasteiger partial charge in [-0.15, -0.1) is 0 Å². The molecular weight excluding hydrogens is 162 g/mol. The maximum Gasteiger partial charge on any atom is 0.125 e. The number of hydrogen-bond donors (Lipinski definition) is 1. The minimum atomic E-state index is 0.494. The van der Waals surface area contributed by atoms with Gasteiger partial charge in [-0.2, -0.15) is 0 Å². The predicted octanol–water partition coefficient (Wildman–Crippen LogP) is 1.44. The van der Waals surface area contributed by atoms with Crippen molar-refractivity contribution >= 4 is 0 Å². The van der Waals surface area contributed by atoms with Gasteiger partial charge in [0.05, 0.1) is 5.69 Å². The van der Waals surface area contributed by atoms with Crippen LogP contribution in [-0.4, -0.2) is 9.97 Å². The van der Waals surface area contributed by atoms with E-state index in [1.54, 1.807) is 0 Å². The molecule has 0 saturated heterocycles. The van der Waals surface area contributed by atoms with Crippen molar-refractivity contribution in [1.82, 2.24) is 9.97 Å². The molecule has 3 heteroatoms. The summed E-state index contributed by atoms with van der Waals surface area (Å²) in [5, 5.41) is 0. The number of hydrogen-bond acceptors (Lipinski definition) is 3. The monoisotopic (exact) mass is 179 g/mol. The molecule has 0 amide bonds. The molecular formula is C10H17N3. The maximum atomic E-state index is 5.53. The summed E-state index contributed by atoms with van der Waals surface area (Å²) in [5.41, 5.74) is 7.56. The Bertz CT molecular complexity index is 281. The molecule has 72 valence electrons. The number of aryl methyl sites for hydroxylation is 1. The van der Waals surface area contributed by atoms with E-state index in [9.17, 15) is 0 Å². The van der Waals surface area contributed by atoms with Gasteiger partial charge in [-0.3, -0.25) is 0 Å². The van der Waals surface area contributed by atoms with Gasteiger partial charge in [-0.05, 0) is 25.3 Å². The summed E-state index contributed by atoms with van der Waals surface area (Å²) in [6.45, 7) is 6.76. The fourth-order valence-corrected chi connectivity index (χ4v) is 1.32. The standard InChI is InChI=1S/C10H17N3/c1-7(2)4-9-5-10(6-11)13-8(3)12-9/h5,7H,4,6,11H2,1-3H3. The summed E-state index contributed by atoms with van der Waals surface area (Å²) >= 11 is 0. The minimum Gasteiger partial charge on any atom is -0.325 e. The molecule has 0 aliphatic heterocycles. The van der Waals surface area contributed by atoms with Crippen LogP contribution in [0, 0.1) is 12.8 Å². The first-order valence-electron chi connectivity index (χ1n) is 4.65. The van der Waals surface area contributed by atoms with Crippen LogP contribution in [0.2, 0.25) is 0 Å². The van der Waals surface area contributed by atoms with Gasteiger partial charge >= 0.3 is 0 Å². The highest BCUT2D eigenvalue weighted by molar-refractivity contribution is 5.11. The molecule has 0 spiro atoms. The first-order valence-corrected chi connectivity index (χ1v) is 4.65. The summed E-state index contributed by atoms with van der Waals surface area (Å²) < 4.78 is 0. The molecule has 0 radical (unpaired) electrons. The summed E-state index contributed by atoms with van der Waals surface area (Å²) in [6, 6.07) is 1.99. The lowest BCUT2D eigenvalue weighted by atomic mass is 10.1. The summed E-state index contributed by atoms with van der Waals surface area (Å²) in [4.78, 5) is 8.58. The molecule has 0 unspecified atom stereocenters. The second-order valence-electron chi connectivity index (χ2n) is 3.70. The molecule has 0 bridgehead atoms. The van der Waals surface area contributed by atoms with E-state index in [0.717, 1.165) is 23.6 Å². The number of aromatic nitrogens is 2. The quantitative estimate of drug-likeness (QED) is 0.764. The summed E-state index contributed by atoms with van der Waals surface area (Å²) in [6.07, 6.45) is 0.996. The van der Waals surface area contributed by atoms with Gasteiger partial charge in [0.15, 0.2) is 0 Å². The van der Waals surface area contributed by atoms with Gasteiger partial charge < -0.3 is 5.73 Å². The van der Waals surface area contributed by atoms with E-state index in [0.29, 0.717) is 12.5 Å². The third-order valence-corrected chi connectivity index (χ3v) is 1.77. The van der Waals surface area contributed by atoms with Gasteiger partial charge in [-0.25, -0.2) is 9.97 Å². The highest BCUT2D eigenvalue weighted by atomic mass is 14.9. The van der Waals surface area contributed by atoms with E-state index in [2.05, 4.69) is 23.8 Å². The second-order valence-corrected chi connectivity index (χ2v) is 3.70. The molecule has 1 aromatic heterocycles. The smallest absolute Gasteiger partial charge is 0.125 e. The molecule has 3 nitrogen and oxygen atoms in total. The number of nitrogens with zero attached hydrogens (tertiary/aromatic N) is 2. The van der Waals surface area contributed by atoms with Gasteiger partial charge in [0.1, 0.15) is 5.82 Å². The zero-order valence-electron chi connectivity index (χ0n) is 8.54. The molecule has 1 aromatic rings. The molecule has 1 rings (SSSR count). The second kappa shape index (κ2) is 4.33. The first-order chi connectivity index (χ1) is 6.11. The van der Waals surface area contributed by atoms with E-state index in [1.807, 2.05) is 13.0 Å². The molecule has 2 N–H and O–H groups in total. The Morgan fingerprint density at radius 2 is 1.92 bits per heavy atom. The lowest BCUT2D eigenvalue weighted by Crippen LogP contribution is -2.06. The topological polar surface area (TPSA) is 51.8 Å². The Morgan fingerprint density at radius 3 is 2.46 bits per heavy atom. The van der Waals surface area contributed by atoms with Crippen molar-refractivity contribution in [1.29, 1.82) is 0 Å². The van der Waals surface area contributed by atoms with Crippen LogP contribution in [0.1, 0.15) is 31.1 Å². The van der Waals surface area contributed by atoms with Crippen LogP contribution < -0.4 is 5.73 Å². The predicted molar refractivity (Wildman–Crippen MR) is 53.2 cm³/mol. The van der Waals surface area contributed by atoms with Gasteiger partial charge in [0.25, 0.3) is 0 Å². The summed E-state index contributed by atoms with van der Waals surface area (Å²) in [7, 11) is 0. The molecule has 0 aliphatic carbocycles. The molecule has 0 aromatic carbocycles. The third-order valence-electron chi connectivity index (χ3n) is 1.77. The average Bonchev–Trinajstić information content (AvgIpc) is 2.01. The normalized spacial score (nSPS) is 10.8. The van der Waals surface area contributed by atoms with Crippen molar-refractivity contribution in [2.24, 2.45) is 11.7 Å². The van der Waals surface area contributed by atoms with Crippen molar-refractivity contribution in [3.63, 3.8) is 0 Å². The molecule has 0 atom stereocenters. The van der Waals surface area contributed by atoms with Crippen LogP contribution in [0.25, 0.3) is 0 Å². The van der Waals surface area contributed by atoms with E-state index in [4.69, 9.17) is 5.73 Å². The molecule has 1 heterocycles. The lowest BCUT2D eigenvalue weighted by Gasteiger charge is -2.06. The van der Waals surface area contributed by atoms with E-state index < -0.39 is 0 Å². The third kappa shape index (κ3) is 3.11. The number of rotatable bonds is 3. The summed E-state index contributed by atoms with van der Waals surface area (Å²) in [5.74, 6) is 1.44. The minimum absolute atomic E-state index is 0.494. The Balaban J connectivity index is 2.88. The van der Waals surface area contributed by atoms with Crippen LogP contribution in [0.5, 0.6) is 0 Å². The average molecular weight is 179 g/mol. The first kappa shape index (κ1) is 10.1. The van der Waals surface area contributed by atoms with Crippen molar-refractivity contribution in [3.05, 3.63) is 23.3 Å². The maximum absolute atomic E-state index is 5.53. The Kier molecular flexibility index (Phi) is 3.37. The van der Waals surface area contributed by atoms with Crippen LogP contribution in [-0.2, 0) is 13.0 Å². The molecule has 13 heavy (non-hydrogen) atoms. The van der Waals surface area contributed by atoms with Gasteiger partial charge in [0, 0.05) is 12.2 Å². The van der Waals surface area contributed by atoms with Crippen molar-refractivity contribution in [3.8, 4) is 0 Å². The molecule has 0 fully saturated rings. The Labute approximate surface area is 79.4 Å². The van der Waals surface area contributed by atoms with Crippen LogP contribution in [0.4, 0.5) is 0 Å². The highest BCUT2D eigenvalue weighted by Crippen LogP contribution is 2.07. The fourth-order valence-electron chi connectivity index (χ4n) is 1.32. The van der Waals surface area contributed by atoms with Crippen molar-refractivity contribution in [2.75, 3.05) is 0 Å². The zero-order valence-corrected chi connectivity index (χ0v) is 8.54. The van der Waals surface area contributed by atoms with Gasteiger partial charge in [0.2, 0.25) is 0 Å². The van der Waals surface area contributed by atoms with Crippen molar-refractivity contribution < 1.29 is 0 Å². The van der Waals surface area contributed by atoms with Gasteiger partial charge in [-0.1, -0.05) is 13.8 Å². The Hall–Kier alpha value is -0.960. The largest absolute Gasteiger partial charge is 0.325 e. The molecule has 0 aliphatic rings. The SMILES string of the molecule is Cc1nc(CN)cc(CC(C)C)n1. The van der Waals surface area contributed by atoms with E-state index in [1.165, 1.54) is 0 Å².